The minimum absolute atomic E-state index is 0.0241. The number of carbonyl (C=O) groups excluding carboxylic acids is 1. The van der Waals surface area contributed by atoms with Crippen LogP contribution in [0.2, 0.25) is 0 Å². The normalized spacial score (nSPS) is 17.2. The van der Waals surface area contributed by atoms with Crippen molar-refractivity contribution in [2.45, 2.75) is 44.2 Å². The Labute approximate surface area is 164 Å². The van der Waals surface area contributed by atoms with Crippen LogP contribution in [0.4, 0.5) is 11.4 Å². The van der Waals surface area contributed by atoms with Crippen LogP contribution < -0.4 is 4.90 Å². The maximum atomic E-state index is 13.5. The molecule has 142 valence electrons. The molecule has 1 saturated carbocycles. The number of fused-ring (bicyclic) bond motifs is 2. The van der Waals surface area contributed by atoms with Gasteiger partial charge in [0.25, 0.3) is 5.91 Å². The highest BCUT2D eigenvalue weighted by molar-refractivity contribution is 6.02. The van der Waals surface area contributed by atoms with Gasteiger partial charge in [0, 0.05) is 12.4 Å². The third kappa shape index (κ3) is 2.74. The second-order valence-electron chi connectivity index (χ2n) is 7.75. The molecule has 0 radical (unpaired) electrons. The maximum absolute atomic E-state index is 13.5. The first-order chi connectivity index (χ1) is 13.7. The molecular formula is C23H23N3O2. The van der Waals surface area contributed by atoms with Crippen molar-refractivity contribution >= 4 is 17.3 Å². The fourth-order valence-corrected chi connectivity index (χ4v) is 4.34. The third-order valence-corrected chi connectivity index (χ3v) is 6.00. The Hall–Kier alpha value is -2.92. The zero-order valence-corrected chi connectivity index (χ0v) is 15.7. The molecule has 0 bridgehead atoms. The lowest BCUT2D eigenvalue weighted by atomic mass is 9.79. The van der Waals surface area contributed by atoms with Crippen molar-refractivity contribution in [2.24, 2.45) is 0 Å². The Morgan fingerprint density at radius 3 is 2.18 bits per heavy atom. The smallest absolute Gasteiger partial charge is 0.251 e. The molecular weight excluding hydrogens is 350 g/mol. The van der Waals surface area contributed by atoms with Gasteiger partial charge in [0.05, 0.1) is 11.4 Å². The van der Waals surface area contributed by atoms with E-state index in [0.717, 1.165) is 30.6 Å². The van der Waals surface area contributed by atoms with Crippen molar-refractivity contribution in [3.05, 3.63) is 77.9 Å². The highest BCUT2D eigenvalue weighted by Gasteiger charge is 2.40. The van der Waals surface area contributed by atoms with Crippen LogP contribution in [-0.4, -0.2) is 20.6 Å². The molecule has 2 heterocycles. The number of rotatable bonds is 3. The van der Waals surface area contributed by atoms with Crippen LogP contribution in [0.1, 0.15) is 36.2 Å². The molecule has 5 rings (SSSR count). The molecule has 0 saturated heterocycles. The van der Waals surface area contributed by atoms with Crippen LogP contribution in [0.5, 0.6) is 0 Å². The molecule has 5 nitrogen and oxygen atoms in total. The molecule has 0 atom stereocenters. The summed E-state index contributed by atoms with van der Waals surface area (Å²) in [6.45, 7) is 0.153. The fourth-order valence-electron chi connectivity index (χ4n) is 4.34. The molecule has 0 unspecified atom stereocenters. The predicted molar refractivity (Wildman–Crippen MR) is 107 cm³/mol. The predicted octanol–water partition coefficient (Wildman–Crippen LogP) is 3.72. The molecule has 3 aromatic rings. The van der Waals surface area contributed by atoms with Gasteiger partial charge in [0.1, 0.15) is 18.0 Å². The molecule has 1 aliphatic heterocycles. The lowest BCUT2D eigenvalue weighted by Gasteiger charge is -2.36. The summed E-state index contributed by atoms with van der Waals surface area (Å²) in [6.07, 6.45) is 7.67. The van der Waals surface area contributed by atoms with E-state index in [4.69, 9.17) is 0 Å². The number of anilines is 2. The summed E-state index contributed by atoms with van der Waals surface area (Å²) in [6, 6.07) is 16.2. The van der Waals surface area contributed by atoms with E-state index in [1.807, 2.05) is 41.3 Å². The first kappa shape index (κ1) is 17.2. The number of aromatic nitrogens is 2. The van der Waals surface area contributed by atoms with Crippen LogP contribution in [-0.2, 0) is 29.8 Å². The summed E-state index contributed by atoms with van der Waals surface area (Å²) in [5.74, 6) is 0.576. The van der Waals surface area contributed by atoms with E-state index in [-0.39, 0.29) is 12.5 Å². The molecule has 1 amide bonds. The van der Waals surface area contributed by atoms with E-state index in [1.165, 1.54) is 11.1 Å². The summed E-state index contributed by atoms with van der Waals surface area (Å²) in [4.78, 5) is 19.7. The molecule has 28 heavy (non-hydrogen) atoms. The van der Waals surface area contributed by atoms with E-state index < -0.39 is 5.60 Å². The average Bonchev–Trinajstić information content (AvgIpc) is 3.07. The van der Waals surface area contributed by atoms with Gasteiger partial charge < -0.3 is 9.67 Å². The maximum Gasteiger partial charge on any atom is 0.251 e. The van der Waals surface area contributed by atoms with E-state index in [9.17, 15) is 9.90 Å². The van der Waals surface area contributed by atoms with E-state index >= 15 is 0 Å². The average molecular weight is 373 g/mol. The first-order valence-electron chi connectivity index (χ1n) is 9.88. The topological polar surface area (TPSA) is 58.4 Å². The summed E-state index contributed by atoms with van der Waals surface area (Å²) in [5, 5.41) is 10.7. The van der Waals surface area contributed by atoms with Gasteiger partial charge in [-0.25, -0.2) is 4.98 Å². The van der Waals surface area contributed by atoms with Gasteiger partial charge in [-0.05, 0) is 55.4 Å². The van der Waals surface area contributed by atoms with Crippen LogP contribution in [0, 0.1) is 0 Å². The monoisotopic (exact) mass is 373 g/mol. The van der Waals surface area contributed by atoms with Gasteiger partial charge in [0.2, 0.25) is 0 Å². The van der Waals surface area contributed by atoms with Gasteiger partial charge in [-0.3, -0.25) is 9.69 Å². The third-order valence-electron chi connectivity index (χ3n) is 6.00. The van der Waals surface area contributed by atoms with Crippen molar-refractivity contribution in [3.8, 4) is 0 Å². The molecule has 1 N–H and O–H groups in total. The van der Waals surface area contributed by atoms with E-state index in [2.05, 4.69) is 17.1 Å². The summed E-state index contributed by atoms with van der Waals surface area (Å²) >= 11 is 0. The summed E-state index contributed by atoms with van der Waals surface area (Å²) < 4.78 is 1.80. The quantitative estimate of drug-likeness (QED) is 0.761. The molecule has 1 fully saturated rings. The number of aliphatic hydroxyl groups is 1. The Morgan fingerprint density at radius 2 is 1.61 bits per heavy atom. The van der Waals surface area contributed by atoms with Crippen molar-refractivity contribution < 1.29 is 9.90 Å². The Kier molecular flexibility index (Phi) is 4.05. The number of hydrogen-bond acceptors (Lipinski definition) is 3. The second kappa shape index (κ2) is 6.60. The molecule has 2 aliphatic rings. The number of para-hydroxylation sites is 2. The van der Waals surface area contributed by atoms with Gasteiger partial charge >= 0.3 is 0 Å². The van der Waals surface area contributed by atoms with Crippen molar-refractivity contribution in [1.82, 2.24) is 9.55 Å². The van der Waals surface area contributed by atoms with Crippen molar-refractivity contribution in [2.75, 3.05) is 4.90 Å². The number of amides is 1. The number of hydrogen-bond donors (Lipinski definition) is 1. The van der Waals surface area contributed by atoms with Crippen LogP contribution in [0.15, 0.2) is 60.9 Å². The molecule has 0 spiro atoms. The standard InChI is InChI=1S/C23H23N3O2/c27-21(16-25-15-14-24-22(25)23(28)12-5-13-23)26-19-8-3-1-6-17(19)10-11-18-7-2-4-9-20(18)26/h1-4,6-9,14-15,28H,5,10-13,16H2. The molecule has 1 aliphatic carbocycles. The zero-order valence-electron chi connectivity index (χ0n) is 15.7. The minimum atomic E-state index is -0.890. The molecule has 2 aromatic carbocycles. The Balaban J connectivity index is 1.54. The zero-order chi connectivity index (χ0) is 19.1. The van der Waals surface area contributed by atoms with Gasteiger partial charge in [-0.2, -0.15) is 0 Å². The lowest BCUT2D eigenvalue weighted by Crippen LogP contribution is -2.38. The number of carbonyl (C=O) groups is 1. The molecule has 1 aromatic heterocycles. The second-order valence-corrected chi connectivity index (χ2v) is 7.75. The molecule has 5 heteroatoms. The largest absolute Gasteiger partial charge is 0.382 e. The first-order valence-corrected chi connectivity index (χ1v) is 9.88. The summed E-state index contributed by atoms with van der Waals surface area (Å²) in [5.41, 5.74) is 3.35. The summed E-state index contributed by atoms with van der Waals surface area (Å²) in [7, 11) is 0. The van der Waals surface area contributed by atoms with Gasteiger partial charge in [0.15, 0.2) is 0 Å². The fraction of sp³-hybridized carbons (Fsp3) is 0.304. The minimum Gasteiger partial charge on any atom is -0.382 e. The Morgan fingerprint density at radius 1 is 1.00 bits per heavy atom. The SMILES string of the molecule is O=C(Cn1ccnc1C1(O)CCC1)N1c2ccccc2CCc2ccccc21. The van der Waals surface area contributed by atoms with Gasteiger partial charge in [-0.1, -0.05) is 36.4 Å². The number of imidazole rings is 1. The van der Waals surface area contributed by atoms with Crippen molar-refractivity contribution in [1.29, 1.82) is 0 Å². The lowest BCUT2D eigenvalue weighted by molar-refractivity contribution is -0.118. The highest BCUT2D eigenvalue weighted by atomic mass is 16.3. The van der Waals surface area contributed by atoms with Gasteiger partial charge in [-0.15, -0.1) is 0 Å². The number of aryl methyl sites for hydroxylation is 2. The van der Waals surface area contributed by atoms with Crippen LogP contribution in [0.25, 0.3) is 0 Å². The number of benzene rings is 2. The number of nitrogens with zero attached hydrogens (tertiary/aromatic N) is 3. The van der Waals surface area contributed by atoms with E-state index in [0.29, 0.717) is 18.7 Å². The van der Waals surface area contributed by atoms with Crippen LogP contribution >= 0.6 is 0 Å². The highest BCUT2D eigenvalue weighted by Crippen LogP contribution is 2.40. The van der Waals surface area contributed by atoms with Crippen molar-refractivity contribution in [3.63, 3.8) is 0 Å². The van der Waals surface area contributed by atoms with Crippen LogP contribution in [0.3, 0.4) is 0 Å². The Bertz CT molecular complexity index is 988. The van der Waals surface area contributed by atoms with E-state index in [1.54, 1.807) is 17.0 Å².